The Morgan fingerprint density at radius 2 is 1.89 bits per heavy atom. The van der Waals surface area contributed by atoms with Gasteiger partial charge in [-0.2, -0.15) is 0 Å². The fourth-order valence-electron chi connectivity index (χ4n) is 4.33. The zero-order valence-electron chi connectivity index (χ0n) is 20.9. The van der Waals surface area contributed by atoms with Crippen LogP contribution in [0.2, 0.25) is 0 Å². The second-order valence-electron chi connectivity index (χ2n) is 8.88. The Hall–Kier alpha value is -3.68. The van der Waals surface area contributed by atoms with Gasteiger partial charge in [0, 0.05) is 24.2 Å². The van der Waals surface area contributed by atoms with Crippen LogP contribution in [0.25, 0.3) is 5.70 Å². The molecule has 0 saturated carbocycles. The van der Waals surface area contributed by atoms with Crippen molar-refractivity contribution in [2.24, 2.45) is 0 Å². The van der Waals surface area contributed by atoms with E-state index in [1.807, 2.05) is 27.7 Å². The van der Waals surface area contributed by atoms with Crippen LogP contribution in [0.4, 0.5) is 4.79 Å². The van der Waals surface area contributed by atoms with Crippen molar-refractivity contribution in [1.29, 1.82) is 0 Å². The van der Waals surface area contributed by atoms with E-state index in [4.69, 9.17) is 4.74 Å². The quantitative estimate of drug-likeness (QED) is 0.512. The molecule has 2 aromatic rings. The second kappa shape index (κ2) is 11.2. The molecule has 35 heavy (non-hydrogen) atoms. The first-order valence-electron chi connectivity index (χ1n) is 12.0. The van der Waals surface area contributed by atoms with Gasteiger partial charge in [0.15, 0.2) is 0 Å². The van der Waals surface area contributed by atoms with Crippen molar-refractivity contribution in [3.63, 3.8) is 0 Å². The molecule has 0 radical (unpaired) electrons. The van der Waals surface area contributed by atoms with Crippen LogP contribution in [0, 0.1) is 0 Å². The van der Waals surface area contributed by atoms with Crippen LogP contribution in [0.5, 0.6) is 17.2 Å². The van der Waals surface area contributed by atoms with E-state index in [1.165, 1.54) is 4.90 Å². The molecule has 0 aromatic heterocycles. The largest absolute Gasteiger partial charge is 0.508 e. The van der Waals surface area contributed by atoms with Crippen LogP contribution in [0.3, 0.4) is 0 Å². The summed E-state index contributed by atoms with van der Waals surface area (Å²) in [4.78, 5) is 29.0. The highest BCUT2D eigenvalue weighted by Gasteiger charge is 2.34. The summed E-state index contributed by atoms with van der Waals surface area (Å²) in [5, 5.41) is 23.3. The average molecular weight is 482 g/mol. The number of carbonyl (C=O) groups excluding carboxylic acids is 2. The normalized spacial score (nSPS) is 14.4. The zero-order chi connectivity index (χ0) is 25.7. The van der Waals surface area contributed by atoms with E-state index < -0.39 is 6.04 Å². The first-order valence-corrected chi connectivity index (χ1v) is 12.0. The number of phenolic OH excluding ortho intramolecular Hbond substituents is 2. The fourth-order valence-corrected chi connectivity index (χ4v) is 4.33. The van der Waals surface area contributed by atoms with Gasteiger partial charge in [-0.3, -0.25) is 9.69 Å². The first-order chi connectivity index (χ1) is 16.7. The third kappa shape index (κ3) is 5.70. The van der Waals surface area contributed by atoms with Gasteiger partial charge in [0.05, 0.1) is 18.3 Å². The van der Waals surface area contributed by atoms with Gasteiger partial charge in [-0.1, -0.05) is 39.5 Å². The van der Waals surface area contributed by atoms with E-state index in [-0.39, 0.29) is 35.9 Å². The summed E-state index contributed by atoms with van der Waals surface area (Å²) < 4.78 is 5.91. The average Bonchev–Trinajstić information content (AvgIpc) is 2.83. The van der Waals surface area contributed by atoms with E-state index >= 15 is 0 Å². The highest BCUT2D eigenvalue weighted by molar-refractivity contribution is 5.91. The van der Waals surface area contributed by atoms with Gasteiger partial charge in [0.2, 0.25) is 5.91 Å². The molecule has 8 heteroatoms. The summed E-state index contributed by atoms with van der Waals surface area (Å²) in [5.74, 6) is 0.597. The maximum atomic E-state index is 13.9. The third-order valence-electron chi connectivity index (χ3n) is 6.14. The molecule has 1 aliphatic heterocycles. The number of hydrogen-bond acceptors (Lipinski definition) is 5. The SMILES string of the molecule is C=C(c1cc(O)c(C(C)C)cc1OCC)N(C(=O)N1CCNC(=O)C1)[C@@H](CC)c1ccc(O)cc1. The van der Waals surface area contributed by atoms with Crippen molar-refractivity contribution in [3.8, 4) is 17.2 Å². The van der Waals surface area contributed by atoms with Gasteiger partial charge in [-0.05, 0) is 49.1 Å². The van der Waals surface area contributed by atoms with Crippen LogP contribution in [0.1, 0.15) is 62.8 Å². The minimum absolute atomic E-state index is 0.0511. The number of aromatic hydroxyl groups is 2. The van der Waals surface area contributed by atoms with Crippen LogP contribution in [-0.2, 0) is 4.79 Å². The minimum atomic E-state index is -0.429. The van der Waals surface area contributed by atoms with Gasteiger partial charge in [0.1, 0.15) is 23.8 Å². The Kier molecular flexibility index (Phi) is 8.27. The number of urea groups is 1. The summed E-state index contributed by atoms with van der Waals surface area (Å²) in [7, 11) is 0. The molecular formula is C27H35N3O5. The molecule has 0 spiro atoms. The molecule has 1 fully saturated rings. The smallest absolute Gasteiger partial charge is 0.325 e. The van der Waals surface area contributed by atoms with Gasteiger partial charge < -0.3 is 25.2 Å². The van der Waals surface area contributed by atoms with Gasteiger partial charge in [0.25, 0.3) is 0 Å². The molecular weight excluding hydrogens is 446 g/mol. The van der Waals surface area contributed by atoms with Crippen LogP contribution in [0.15, 0.2) is 43.0 Å². The van der Waals surface area contributed by atoms with E-state index in [9.17, 15) is 19.8 Å². The molecule has 0 aliphatic carbocycles. The summed E-state index contributed by atoms with van der Waals surface area (Å²) in [6.07, 6.45) is 0.551. The minimum Gasteiger partial charge on any atom is -0.508 e. The second-order valence-corrected chi connectivity index (χ2v) is 8.88. The van der Waals surface area contributed by atoms with Crippen molar-refractivity contribution in [1.82, 2.24) is 15.1 Å². The summed E-state index contributed by atoms with van der Waals surface area (Å²) in [6, 6.07) is 9.28. The first kappa shape index (κ1) is 25.9. The Morgan fingerprint density at radius 3 is 2.46 bits per heavy atom. The van der Waals surface area contributed by atoms with Crippen molar-refractivity contribution in [2.75, 3.05) is 26.2 Å². The number of rotatable bonds is 8. The molecule has 8 nitrogen and oxygen atoms in total. The monoisotopic (exact) mass is 481 g/mol. The summed E-state index contributed by atoms with van der Waals surface area (Å²) in [6.45, 7) is 13.1. The number of piperazine rings is 1. The third-order valence-corrected chi connectivity index (χ3v) is 6.14. The number of ether oxygens (including phenoxy) is 1. The van der Waals surface area contributed by atoms with Gasteiger partial charge >= 0.3 is 6.03 Å². The van der Waals surface area contributed by atoms with E-state index in [0.29, 0.717) is 43.1 Å². The fraction of sp³-hybridized carbons (Fsp3) is 0.407. The molecule has 3 rings (SSSR count). The van der Waals surface area contributed by atoms with Crippen molar-refractivity contribution in [2.45, 2.75) is 46.1 Å². The predicted molar refractivity (Wildman–Crippen MR) is 135 cm³/mol. The molecule has 188 valence electrons. The predicted octanol–water partition coefficient (Wildman–Crippen LogP) is 4.60. The molecule has 1 heterocycles. The number of amides is 3. The number of nitrogens with zero attached hydrogens (tertiary/aromatic N) is 2. The highest BCUT2D eigenvalue weighted by Crippen LogP contribution is 2.40. The zero-order valence-corrected chi connectivity index (χ0v) is 20.9. The number of benzene rings is 2. The summed E-state index contributed by atoms with van der Waals surface area (Å²) >= 11 is 0. The van der Waals surface area contributed by atoms with Gasteiger partial charge in [-0.25, -0.2) is 4.79 Å². The lowest BCUT2D eigenvalue weighted by molar-refractivity contribution is -0.123. The van der Waals surface area contributed by atoms with E-state index in [2.05, 4.69) is 11.9 Å². The van der Waals surface area contributed by atoms with Crippen LogP contribution < -0.4 is 10.1 Å². The highest BCUT2D eigenvalue weighted by atomic mass is 16.5. The standard InChI is InChI=1S/C27H35N3O5/c1-6-23(19-8-10-20(31)11-9-19)30(27(34)29-13-12-28-26(33)16-29)18(5)22-14-24(32)21(17(3)4)15-25(22)35-7-2/h8-11,14-15,17,23,31-32H,5-7,12-13,16H2,1-4H3,(H,28,33)/t23-/m0/s1. The molecule has 0 unspecified atom stereocenters. The lowest BCUT2D eigenvalue weighted by Crippen LogP contribution is -2.54. The van der Waals surface area contributed by atoms with Crippen LogP contribution >= 0.6 is 0 Å². The van der Waals surface area contributed by atoms with Gasteiger partial charge in [-0.15, -0.1) is 0 Å². The summed E-state index contributed by atoms with van der Waals surface area (Å²) in [5.41, 5.74) is 2.40. The van der Waals surface area contributed by atoms with Crippen molar-refractivity contribution >= 4 is 17.6 Å². The van der Waals surface area contributed by atoms with E-state index in [0.717, 1.165) is 11.1 Å². The van der Waals surface area contributed by atoms with Crippen LogP contribution in [-0.4, -0.2) is 58.2 Å². The molecule has 1 atom stereocenters. The number of carbonyl (C=O) groups is 2. The molecule has 1 aliphatic rings. The molecule has 1 saturated heterocycles. The Balaban J connectivity index is 2.13. The van der Waals surface area contributed by atoms with Crippen molar-refractivity contribution < 1.29 is 24.5 Å². The lowest BCUT2D eigenvalue weighted by atomic mass is 9.96. The maximum absolute atomic E-state index is 13.9. The Labute approximate surface area is 206 Å². The Bertz CT molecular complexity index is 1080. The topological polar surface area (TPSA) is 102 Å². The molecule has 3 amide bonds. The lowest BCUT2D eigenvalue weighted by Gasteiger charge is -2.38. The van der Waals surface area contributed by atoms with E-state index in [1.54, 1.807) is 41.3 Å². The van der Waals surface area contributed by atoms with Crippen molar-refractivity contribution in [3.05, 3.63) is 59.7 Å². The molecule has 0 bridgehead atoms. The molecule has 3 N–H and O–H groups in total. The number of hydrogen-bond donors (Lipinski definition) is 3. The molecule has 2 aromatic carbocycles. The maximum Gasteiger partial charge on any atom is 0.325 e. The Morgan fingerprint density at radius 1 is 1.20 bits per heavy atom. The number of phenols is 2. The number of nitrogens with one attached hydrogen (secondary N) is 1.